The van der Waals surface area contributed by atoms with Gasteiger partial charge in [-0.25, -0.2) is 0 Å². The highest BCUT2D eigenvalue weighted by Crippen LogP contribution is 2.33. The van der Waals surface area contributed by atoms with Crippen molar-refractivity contribution in [3.63, 3.8) is 0 Å². The van der Waals surface area contributed by atoms with Gasteiger partial charge >= 0.3 is 0 Å². The maximum Gasteiger partial charge on any atom is 0.123 e. The summed E-state index contributed by atoms with van der Waals surface area (Å²) in [6.45, 7) is 4.50. The summed E-state index contributed by atoms with van der Waals surface area (Å²) >= 11 is 0. The molecular weight excluding hydrogens is 250 g/mol. The summed E-state index contributed by atoms with van der Waals surface area (Å²) in [5.74, 6) is 2.70. The van der Waals surface area contributed by atoms with Crippen LogP contribution in [0.15, 0.2) is 18.2 Å². The second kappa shape index (κ2) is 6.98. The third-order valence-corrected chi connectivity index (χ3v) is 4.51. The van der Waals surface area contributed by atoms with E-state index >= 15 is 0 Å². The Morgan fingerprint density at radius 2 is 2.05 bits per heavy atom. The fourth-order valence-electron chi connectivity index (χ4n) is 3.22. The monoisotopic (exact) mass is 277 g/mol. The molecule has 1 aliphatic carbocycles. The third kappa shape index (κ3) is 3.45. The Hall–Kier alpha value is -1.22. The van der Waals surface area contributed by atoms with E-state index in [-0.39, 0.29) is 6.04 Å². The van der Waals surface area contributed by atoms with Gasteiger partial charge in [-0.15, -0.1) is 0 Å². The fraction of sp³-hybridized carbons (Fsp3) is 0.647. The quantitative estimate of drug-likeness (QED) is 0.854. The van der Waals surface area contributed by atoms with Crippen molar-refractivity contribution in [3.8, 4) is 11.5 Å². The van der Waals surface area contributed by atoms with E-state index in [0.29, 0.717) is 6.04 Å². The van der Waals surface area contributed by atoms with Crippen molar-refractivity contribution >= 4 is 0 Å². The Morgan fingerprint density at radius 1 is 1.25 bits per heavy atom. The van der Waals surface area contributed by atoms with Gasteiger partial charge in [0.25, 0.3) is 0 Å². The minimum atomic E-state index is 0.278. The molecule has 0 heterocycles. The molecule has 1 aliphatic rings. The van der Waals surface area contributed by atoms with Crippen LogP contribution in [0.1, 0.15) is 51.1 Å². The number of benzene rings is 1. The van der Waals surface area contributed by atoms with Gasteiger partial charge in [-0.05, 0) is 50.3 Å². The predicted molar refractivity (Wildman–Crippen MR) is 82.5 cm³/mol. The molecule has 0 radical (unpaired) electrons. The lowest BCUT2D eigenvalue weighted by molar-refractivity contribution is 0.382. The maximum atomic E-state index is 5.48. The van der Waals surface area contributed by atoms with E-state index in [1.165, 1.54) is 31.2 Å². The standard InChI is InChI=1S/C17H27NO2/c1-5-13-6-7-14(10-13)18-12(2)16-11-15(19-3)8-9-17(16)20-4/h8-9,11-14,18H,5-7,10H2,1-4H3. The van der Waals surface area contributed by atoms with Crippen LogP contribution in [0.3, 0.4) is 0 Å². The Labute approximate surface area is 122 Å². The molecule has 3 atom stereocenters. The Morgan fingerprint density at radius 3 is 2.65 bits per heavy atom. The molecule has 0 saturated heterocycles. The van der Waals surface area contributed by atoms with Crippen LogP contribution < -0.4 is 14.8 Å². The van der Waals surface area contributed by atoms with Crippen LogP contribution in [-0.4, -0.2) is 20.3 Å². The summed E-state index contributed by atoms with van der Waals surface area (Å²) in [7, 11) is 3.42. The Kier molecular flexibility index (Phi) is 5.30. The topological polar surface area (TPSA) is 30.5 Å². The Balaban J connectivity index is 2.06. The zero-order valence-electron chi connectivity index (χ0n) is 13.1. The zero-order chi connectivity index (χ0) is 14.5. The van der Waals surface area contributed by atoms with Gasteiger partial charge in [0.2, 0.25) is 0 Å². The second-order valence-electron chi connectivity index (χ2n) is 5.78. The largest absolute Gasteiger partial charge is 0.497 e. The SMILES string of the molecule is CCC1CCC(NC(C)c2cc(OC)ccc2OC)C1. The molecule has 2 rings (SSSR count). The minimum Gasteiger partial charge on any atom is -0.497 e. The molecule has 0 aliphatic heterocycles. The highest BCUT2D eigenvalue weighted by Gasteiger charge is 2.25. The molecule has 3 nitrogen and oxygen atoms in total. The van der Waals surface area contributed by atoms with Crippen LogP contribution in [0.5, 0.6) is 11.5 Å². The number of hydrogen-bond acceptors (Lipinski definition) is 3. The predicted octanol–water partition coefficient (Wildman–Crippen LogP) is 3.93. The summed E-state index contributed by atoms with van der Waals surface area (Å²) < 4.78 is 10.8. The zero-order valence-corrected chi connectivity index (χ0v) is 13.1. The molecule has 3 heteroatoms. The highest BCUT2D eigenvalue weighted by atomic mass is 16.5. The first-order valence-electron chi connectivity index (χ1n) is 7.65. The van der Waals surface area contributed by atoms with Crippen molar-refractivity contribution in [2.45, 2.75) is 51.6 Å². The first-order valence-corrected chi connectivity index (χ1v) is 7.65. The third-order valence-electron chi connectivity index (χ3n) is 4.51. The number of hydrogen-bond donors (Lipinski definition) is 1. The van der Waals surface area contributed by atoms with Crippen molar-refractivity contribution in [1.82, 2.24) is 5.32 Å². The van der Waals surface area contributed by atoms with E-state index in [1.807, 2.05) is 12.1 Å². The Bertz CT molecular complexity index is 433. The second-order valence-corrected chi connectivity index (χ2v) is 5.78. The van der Waals surface area contributed by atoms with Crippen molar-refractivity contribution < 1.29 is 9.47 Å². The molecule has 1 N–H and O–H groups in total. The van der Waals surface area contributed by atoms with E-state index in [4.69, 9.17) is 9.47 Å². The molecule has 0 bridgehead atoms. The van der Waals surface area contributed by atoms with Crippen molar-refractivity contribution in [1.29, 1.82) is 0 Å². The molecule has 1 fully saturated rings. The smallest absolute Gasteiger partial charge is 0.123 e. The highest BCUT2D eigenvalue weighted by molar-refractivity contribution is 5.42. The van der Waals surface area contributed by atoms with E-state index in [2.05, 4.69) is 25.2 Å². The van der Waals surface area contributed by atoms with Crippen LogP contribution in [0.4, 0.5) is 0 Å². The molecule has 0 aromatic heterocycles. The van der Waals surface area contributed by atoms with Gasteiger partial charge in [0.15, 0.2) is 0 Å². The maximum absolute atomic E-state index is 5.48. The summed E-state index contributed by atoms with van der Waals surface area (Å²) in [6, 6.07) is 6.91. The lowest BCUT2D eigenvalue weighted by Crippen LogP contribution is -2.29. The molecular formula is C17H27NO2. The van der Waals surface area contributed by atoms with Crippen LogP contribution >= 0.6 is 0 Å². The fourth-order valence-corrected chi connectivity index (χ4v) is 3.22. The summed E-state index contributed by atoms with van der Waals surface area (Å²) in [5, 5.41) is 3.75. The number of nitrogens with one attached hydrogen (secondary N) is 1. The molecule has 0 amide bonds. The molecule has 1 aromatic rings. The normalized spacial score (nSPS) is 23.6. The molecule has 1 aromatic carbocycles. The number of rotatable bonds is 6. The lowest BCUT2D eigenvalue weighted by atomic mass is 10.0. The van der Waals surface area contributed by atoms with E-state index < -0.39 is 0 Å². The van der Waals surface area contributed by atoms with Gasteiger partial charge < -0.3 is 14.8 Å². The average Bonchev–Trinajstić information content (AvgIpc) is 2.94. The summed E-state index contributed by atoms with van der Waals surface area (Å²) in [5.41, 5.74) is 1.17. The molecule has 20 heavy (non-hydrogen) atoms. The van der Waals surface area contributed by atoms with E-state index in [9.17, 15) is 0 Å². The van der Waals surface area contributed by atoms with Crippen molar-refractivity contribution in [2.24, 2.45) is 5.92 Å². The number of ether oxygens (including phenoxy) is 2. The van der Waals surface area contributed by atoms with E-state index in [0.717, 1.165) is 17.4 Å². The van der Waals surface area contributed by atoms with Crippen LogP contribution in [0.2, 0.25) is 0 Å². The first-order chi connectivity index (χ1) is 9.67. The van der Waals surface area contributed by atoms with Gasteiger partial charge in [-0.1, -0.05) is 13.3 Å². The van der Waals surface area contributed by atoms with Gasteiger partial charge in [-0.3, -0.25) is 0 Å². The molecule has 112 valence electrons. The van der Waals surface area contributed by atoms with Gasteiger partial charge in [0.1, 0.15) is 11.5 Å². The molecule has 0 spiro atoms. The lowest BCUT2D eigenvalue weighted by Gasteiger charge is -2.22. The first kappa shape index (κ1) is 15.2. The molecule has 3 unspecified atom stereocenters. The van der Waals surface area contributed by atoms with Crippen molar-refractivity contribution in [2.75, 3.05) is 14.2 Å². The van der Waals surface area contributed by atoms with Crippen LogP contribution in [0, 0.1) is 5.92 Å². The molecule has 1 saturated carbocycles. The minimum absolute atomic E-state index is 0.278. The van der Waals surface area contributed by atoms with Crippen LogP contribution in [0.25, 0.3) is 0 Å². The van der Waals surface area contributed by atoms with Gasteiger partial charge in [0.05, 0.1) is 14.2 Å². The van der Waals surface area contributed by atoms with E-state index in [1.54, 1.807) is 14.2 Å². The van der Waals surface area contributed by atoms with Gasteiger partial charge in [-0.2, -0.15) is 0 Å². The summed E-state index contributed by atoms with van der Waals surface area (Å²) in [4.78, 5) is 0. The summed E-state index contributed by atoms with van der Waals surface area (Å²) in [6.07, 6.45) is 5.24. The van der Waals surface area contributed by atoms with Crippen molar-refractivity contribution in [3.05, 3.63) is 23.8 Å². The average molecular weight is 277 g/mol. The van der Waals surface area contributed by atoms with Crippen LogP contribution in [-0.2, 0) is 0 Å². The number of methoxy groups -OCH3 is 2. The van der Waals surface area contributed by atoms with Gasteiger partial charge in [0, 0.05) is 17.6 Å².